The Morgan fingerprint density at radius 3 is 2.67 bits per heavy atom. The van der Waals surface area contributed by atoms with Crippen LogP contribution in [0, 0.1) is 4.91 Å². The van der Waals surface area contributed by atoms with Gasteiger partial charge in [-0.25, -0.2) is 4.79 Å². The number of hydrogen-bond acceptors (Lipinski definition) is 6. The van der Waals surface area contributed by atoms with Gasteiger partial charge in [0.15, 0.2) is 0 Å². The van der Waals surface area contributed by atoms with E-state index in [1.54, 1.807) is 0 Å². The van der Waals surface area contributed by atoms with Gasteiger partial charge in [-0.1, -0.05) is 6.92 Å². The number of nitrogens with one attached hydrogen (secondary N) is 1. The second-order valence-electron chi connectivity index (χ2n) is 2.79. The second kappa shape index (κ2) is 8.22. The van der Waals surface area contributed by atoms with Gasteiger partial charge < -0.3 is 10.1 Å². The van der Waals surface area contributed by atoms with Gasteiger partial charge in [-0.3, -0.25) is 4.79 Å². The topological polar surface area (TPSA) is 84.8 Å². The summed E-state index contributed by atoms with van der Waals surface area (Å²) in [5.74, 6) is -0.797. The number of esters is 1. The molecule has 0 spiro atoms. The zero-order valence-corrected chi connectivity index (χ0v) is 9.50. The smallest absolute Gasteiger partial charge is 0.329 e. The van der Waals surface area contributed by atoms with Gasteiger partial charge in [0.25, 0.3) is 0 Å². The summed E-state index contributed by atoms with van der Waals surface area (Å²) in [4.78, 5) is 32.0. The Bertz CT molecular complexity index is 235. The van der Waals surface area contributed by atoms with Gasteiger partial charge in [0, 0.05) is 29.2 Å². The van der Waals surface area contributed by atoms with Crippen molar-refractivity contribution in [3.05, 3.63) is 4.91 Å². The lowest BCUT2D eigenvalue weighted by atomic mass is 10.3. The van der Waals surface area contributed by atoms with Crippen molar-refractivity contribution in [2.24, 2.45) is 4.58 Å². The summed E-state index contributed by atoms with van der Waals surface area (Å²) in [5.41, 5.74) is 0. The molecule has 0 aliphatic heterocycles. The van der Waals surface area contributed by atoms with Crippen LogP contribution >= 0.6 is 11.9 Å². The standard InChI is InChI=1S/C8H14N2O4S/c1-3-4-14-8(12)7(5-15-10-13)9-6(2)11/h7H,3-5H2,1-2H3,(H,9,11)/t7-/m0/s1. The maximum atomic E-state index is 11.3. The van der Waals surface area contributed by atoms with Gasteiger partial charge in [0.05, 0.1) is 6.61 Å². The molecule has 0 heterocycles. The van der Waals surface area contributed by atoms with Crippen molar-refractivity contribution in [1.82, 2.24) is 5.32 Å². The highest BCUT2D eigenvalue weighted by molar-refractivity contribution is 7.97. The van der Waals surface area contributed by atoms with Crippen LogP contribution in [0.25, 0.3) is 0 Å². The van der Waals surface area contributed by atoms with Gasteiger partial charge in [0.1, 0.15) is 6.04 Å². The Labute approximate surface area is 92.2 Å². The highest BCUT2D eigenvalue weighted by Crippen LogP contribution is 2.05. The molecule has 0 aliphatic rings. The molecular formula is C8H14N2O4S. The van der Waals surface area contributed by atoms with Crippen LogP contribution in [0.15, 0.2) is 4.58 Å². The summed E-state index contributed by atoms with van der Waals surface area (Å²) in [7, 11) is 0. The first-order valence-electron chi connectivity index (χ1n) is 4.50. The minimum absolute atomic E-state index is 0.0889. The van der Waals surface area contributed by atoms with Crippen LogP contribution < -0.4 is 5.32 Å². The highest BCUT2D eigenvalue weighted by Gasteiger charge is 2.21. The lowest BCUT2D eigenvalue weighted by Crippen LogP contribution is -2.42. The van der Waals surface area contributed by atoms with Crippen molar-refractivity contribution in [2.45, 2.75) is 26.3 Å². The van der Waals surface area contributed by atoms with Crippen LogP contribution in [-0.4, -0.2) is 30.3 Å². The van der Waals surface area contributed by atoms with Crippen LogP contribution in [0.1, 0.15) is 20.3 Å². The minimum atomic E-state index is -0.809. The van der Waals surface area contributed by atoms with E-state index < -0.39 is 12.0 Å². The molecule has 0 radical (unpaired) electrons. The summed E-state index contributed by atoms with van der Waals surface area (Å²) in [6.45, 7) is 3.45. The van der Waals surface area contributed by atoms with Gasteiger partial charge in [0.2, 0.25) is 5.91 Å². The van der Waals surface area contributed by atoms with Crippen molar-refractivity contribution >= 4 is 23.8 Å². The van der Waals surface area contributed by atoms with Crippen LogP contribution in [0.3, 0.4) is 0 Å². The summed E-state index contributed by atoms with van der Waals surface area (Å²) < 4.78 is 7.39. The van der Waals surface area contributed by atoms with Gasteiger partial charge >= 0.3 is 5.97 Å². The fourth-order valence-electron chi connectivity index (χ4n) is 0.822. The molecule has 1 N–H and O–H groups in total. The van der Waals surface area contributed by atoms with Crippen LogP contribution in [-0.2, 0) is 14.3 Å². The molecule has 0 aromatic heterocycles. The monoisotopic (exact) mass is 234 g/mol. The first kappa shape index (κ1) is 13.9. The second-order valence-corrected chi connectivity index (χ2v) is 3.53. The highest BCUT2D eigenvalue weighted by atomic mass is 32.2. The number of ether oxygens (including phenoxy) is 1. The summed E-state index contributed by atoms with van der Waals surface area (Å²) in [6, 6.07) is -0.809. The Kier molecular flexibility index (Phi) is 7.61. The van der Waals surface area contributed by atoms with E-state index in [9.17, 15) is 14.5 Å². The fourth-order valence-corrected chi connectivity index (χ4v) is 1.25. The molecule has 0 bridgehead atoms. The molecule has 1 atom stereocenters. The average Bonchev–Trinajstić information content (AvgIpc) is 2.20. The molecule has 15 heavy (non-hydrogen) atoms. The van der Waals surface area contributed by atoms with E-state index in [1.165, 1.54) is 6.92 Å². The number of carbonyl (C=O) groups excluding carboxylic acids is 2. The van der Waals surface area contributed by atoms with Gasteiger partial charge in [-0.15, -0.1) is 4.91 Å². The van der Waals surface area contributed by atoms with Crippen molar-refractivity contribution in [2.75, 3.05) is 12.4 Å². The lowest BCUT2D eigenvalue weighted by molar-refractivity contribution is -0.147. The van der Waals surface area contributed by atoms with E-state index in [4.69, 9.17) is 4.74 Å². The third kappa shape index (κ3) is 6.89. The van der Waals surface area contributed by atoms with E-state index >= 15 is 0 Å². The largest absolute Gasteiger partial charge is 0.464 e. The van der Waals surface area contributed by atoms with E-state index in [0.29, 0.717) is 25.0 Å². The van der Waals surface area contributed by atoms with E-state index in [0.717, 1.165) is 0 Å². The Balaban J connectivity index is 4.13. The Morgan fingerprint density at radius 1 is 1.53 bits per heavy atom. The van der Waals surface area contributed by atoms with Crippen molar-refractivity contribution in [1.29, 1.82) is 0 Å². The van der Waals surface area contributed by atoms with Crippen molar-refractivity contribution in [3.63, 3.8) is 0 Å². The fraction of sp³-hybridized carbons (Fsp3) is 0.750. The minimum Gasteiger partial charge on any atom is -0.464 e. The SMILES string of the molecule is CCCOC(=O)[C@H](CSN=O)NC(C)=O. The number of nitroso groups, excluding NO2 is 1. The predicted molar refractivity (Wildman–Crippen MR) is 57.1 cm³/mol. The van der Waals surface area contributed by atoms with Crippen molar-refractivity contribution in [3.8, 4) is 0 Å². The van der Waals surface area contributed by atoms with Crippen LogP contribution in [0.5, 0.6) is 0 Å². The third-order valence-electron chi connectivity index (χ3n) is 1.40. The molecule has 86 valence electrons. The van der Waals surface area contributed by atoms with E-state index in [-0.39, 0.29) is 11.7 Å². The molecule has 0 aromatic rings. The molecule has 0 rings (SSSR count). The molecule has 0 saturated carbocycles. The van der Waals surface area contributed by atoms with Crippen molar-refractivity contribution < 1.29 is 14.3 Å². The molecule has 6 nitrogen and oxygen atoms in total. The first-order chi connectivity index (χ1) is 7.11. The molecule has 7 heteroatoms. The number of carbonyl (C=O) groups is 2. The molecule has 0 fully saturated rings. The Morgan fingerprint density at radius 2 is 2.20 bits per heavy atom. The summed E-state index contributed by atoms with van der Waals surface area (Å²) in [5, 5.41) is 2.39. The molecule has 0 aliphatic carbocycles. The summed E-state index contributed by atoms with van der Waals surface area (Å²) >= 11 is 0.674. The Hall–Kier alpha value is -1.11. The molecule has 0 saturated heterocycles. The third-order valence-corrected chi connectivity index (χ3v) is 1.99. The number of nitrogens with zero attached hydrogens (tertiary/aromatic N) is 1. The summed E-state index contributed by atoms with van der Waals surface area (Å²) in [6.07, 6.45) is 0.706. The van der Waals surface area contributed by atoms with E-state index in [2.05, 4.69) is 9.90 Å². The zero-order valence-electron chi connectivity index (χ0n) is 8.69. The number of hydrogen-bond donors (Lipinski definition) is 1. The average molecular weight is 234 g/mol. The van der Waals surface area contributed by atoms with Gasteiger partial charge in [-0.05, 0) is 6.42 Å². The predicted octanol–water partition coefficient (Wildman–Crippen LogP) is 0.859. The molecule has 1 amide bonds. The van der Waals surface area contributed by atoms with Crippen LogP contribution in [0.4, 0.5) is 0 Å². The molecule has 0 aromatic carbocycles. The first-order valence-corrected chi connectivity index (χ1v) is 5.44. The zero-order chi connectivity index (χ0) is 11.7. The molecule has 0 unspecified atom stereocenters. The number of amides is 1. The van der Waals surface area contributed by atoms with Gasteiger partial charge in [-0.2, -0.15) is 0 Å². The lowest BCUT2D eigenvalue weighted by Gasteiger charge is -2.14. The van der Waals surface area contributed by atoms with Crippen LogP contribution in [0.2, 0.25) is 0 Å². The normalized spacial score (nSPS) is 11.6. The number of rotatable bonds is 7. The quantitative estimate of drug-likeness (QED) is 0.401. The maximum absolute atomic E-state index is 11.3. The molecular weight excluding hydrogens is 220 g/mol. The van der Waals surface area contributed by atoms with E-state index in [1.807, 2.05) is 6.92 Å². The maximum Gasteiger partial charge on any atom is 0.329 e.